The summed E-state index contributed by atoms with van der Waals surface area (Å²) in [5.41, 5.74) is 0.263. The highest BCUT2D eigenvalue weighted by Gasteiger charge is 2.49. The zero-order valence-electron chi connectivity index (χ0n) is 14.2. The van der Waals surface area contributed by atoms with Gasteiger partial charge in [0.15, 0.2) is 0 Å². The van der Waals surface area contributed by atoms with Gasteiger partial charge in [-0.3, -0.25) is 9.59 Å². The Hall–Kier alpha value is -2.19. The molecule has 2 aromatic carbocycles. The highest BCUT2D eigenvalue weighted by molar-refractivity contribution is 9.10. The monoisotopic (exact) mass is 436 g/mol. The molecule has 0 aliphatic carbocycles. The summed E-state index contributed by atoms with van der Waals surface area (Å²) in [4.78, 5) is 24.7. The second kappa shape index (κ2) is 6.51. The molecule has 1 aliphatic heterocycles. The quantitative estimate of drug-likeness (QED) is 0.798. The van der Waals surface area contributed by atoms with E-state index in [0.717, 1.165) is 8.78 Å². The van der Waals surface area contributed by atoms with Gasteiger partial charge in [0, 0.05) is 15.7 Å². The fourth-order valence-electron chi connectivity index (χ4n) is 2.78. The highest BCUT2D eigenvalue weighted by atomic mass is 79.9. The first-order valence-corrected chi connectivity index (χ1v) is 10.2. The van der Waals surface area contributed by atoms with E-state index in [4.69, 9.17) is 0 Å². The number of hydrogen-bond acceptors (Lipinski definition) is 4. The molecule has 2 amide bonds. The molecular weight excluding hydrogens is 420 g/mol. The van der Waals surface area contributed by atoms with Crippen LogP contribution in [-0.2, 0) is 14.8 Å². The summed E-state index contributed by atoms with van der Waals surface area (Å²) in [6, 6.07) is 13.1. The van der Waals surface area contributed by atoms with Crippen LogP contribution >= 0.6 is 15.9 Å². The van der Waals surface area contributed by atoms with Crippen molar-refractivity contribution in [3.8, 4) is 0 Å². The Bertz CT molecular complexity index is 985. The van der Waals surface area contributed by atoms with E-state index in [1.165, 1.54) is 24.3 Å². The Balaban J connectivity index is 1.83. The molecule has 6 nitrogen and oxygen atoms in total. The maximum Gasteiger partial charge on any atom is 0.255 e. The van der Waals surface area contributed by atoms with Gasteiger partial charge in [0.05, 0.1) is 16.9 Å². The number of rotatable bonds is 3. The van der Waals surface area contributed by atoms with E-state index in [1.807, 2.05) is 6.07 Å². The maximum absolute atomic E-state index is 12.4. The summed E-state index contributed by atoms with van der Waals surface area (Å²) >= 11 is 3.34. The first kappa shape index (κ1) is 18.6. The van der Waals surface area contributed by atoms with Gasteiger partial charge < -0.3 is 5.32 Å². The summed E-state index contributed by atoms with van der Waals surface area (Å²) in [6.07, 6.45) is 0. The Labute approximate surface area is 160 Å². The zero-order chi connectivity index (χ0) is 19.1. The van der Waals surface area contributed by atoms with Crippen LogP contribution < -0.4 is 9.62 Å². The molecule has 0 spiro atoms. The Morgan fingerprint density at radius 3 is 2.35 bits per heavy atom. The third-order valence-corrected chi connectivity index (χ3v) is 6.54. The van der Waals surface area contributed by atoms with E-state index in [9.17, 15) is 18.0 Å². The maximum atomic E-state index is 12.4. The molecule has 1 heterocycles. The van der Waals surface area contributed by atoms with E-state index in [-0.39, 0.29) is 17.3 Å². The number of carbonyl (C=O) groups is 2. The number of nitrogens with one attached hydrogen (secondary N) is 1. The molecule has 0 bridgehead atoms. The minimum atomic E-state index is -3.71. The molecule has 2 aromatic rings. The largest absolute Gasteiger partial charge is 0.322 e. The lowest BCUT2D eigenvalue weighted by molar-refractivity contribution is -0.123. The van der Waals surface area contributed by atoms with Crippen molar-refractivity contribution in [2.24, 2.45) is 5.41 Å². The number of amides is 2. The molecule has 1 saturated heterocycles. The normalized spacial score (nSPS) is 18.0. The summed E-state index contributed by atoms with van der Waals surface area (Å²) in [5.74, 6) is -1.03. The van der Waals surface area contributed by atoms with Gasteiger partial charge in [-0.25, -0.2) is 12.7 Å². The fourth-order valence-corrected chi connectivity index (χ4v) is 5.29. The average Bonchev–Trinajstić information content (AvgIpc) is 2.70. The number of carbonyl (C=O) groups excluding carboxylic acids is 2. The van der Waals surface area contributed by atoms with Gasteiger partial charge in [-0.1, -0.05) is 22.0 Å². The Morgan fingerprint density at radius 1 is 1.15 bits per heavy atom. The molecule has 1 aliphatic rings. The van der Waals surface area contributed by atoms with Crippen LogP contribution in [0.1, 0.15) is 24.2 Å². The first-order chi connectivity index (χ1) is 12.1. The SMILES string of the molecule is CC1(C)CS(=O)(=O)N(c2ccc(C(=O)Nc3cccc(Br)c3)cc2)C1=O. The van der Waals surface area contributed by atoms with Crippen LogP contribution in [0.3, 0.4) is 0 Å². The van der Waals surface area contributed by atoms with Gasteiger partial charge in [0.1, 0.15) is 0 Å². The van der Waals surface area contributed by atoms with Crippen LogP contribution in [-0.4, -0.2) is 26.0 Å². The molecule has 0 aromatic heterocycles. The lowest BCUT2D eigenvalue weighted by Gasteiger charge is -2.17. The number of halogens is 1. The predicted molar refractivity (Wildman–Crippen MR) is 104 cm³/mol. The average molecular weight is 437 g/mol. The van der Waals surface area contributed by atoms with Crippen LogP contribution in [0.15, 0.2) is 53.0 Å². The molecule has 3 rings (SSSR count). The van der Waals surface area contributed by atoms with Gasteiger partial charge in [0.25, 0.3) is 5.91 Å². The van der Waals surface area contributed by atoms with Crippen LogP contribution in [0.25, 0.3) is 0 Å². The van der Waals surface area contributed by atoms with Crippen LogP contribution in [0.4, 0.5) is 11.4 Å². The molecule has 1 N–H and O–H groups in total. The minimum Gasteiger partial charge on any atom is -0.322 e. The third-order valence-electron chi connectivity index (χ3n) is 4.03. The topological polar surface area (TPSA) is 83.6 Å². The van der Waals surface area contributed by atoms with E-state index < -0.39 is 21.3 Å². The standard InChI is InChI=1S/C18H17BrN2O4S/c1-18(2)11-26(24,25)21(17(18)23)15-8-6-12(7-9-15)16(22)20-14-5-3-4-13(19)10-14/h3-10H,11H2,1-2H3,(H,20,22). The molecule has 0 radical (unpaired) electrons. The summed E-state index contributed by atoms with van der Waals surface area (Å²) in [6.45, 7) is 3.21. The van der Waals surface area contributed by atoms with Crippen molar-refractivity contribution in [3.63, 3.8) is 0 Å². The fraction of sp³-hybridized carbons (Fsp3) is 0.222. The summed E-state index contributed by atoms with van der Waals surface area (Å²) in [7, 11) is -3.71. The van der Waals surface area contributed by atoms with E-state index in [2.05, 4.69) is 21.2 Å². The molecule has 136 valence electrons. The van der Waals surface area contributed by atoms with Crippen molar-refractivity contribution >= 4 is 49.1 Å². The summed E-state index contributed by atoms with van der Waals surface area (Å²) < 4.78 is 26.3. The van der Waals surface area contributed by atoms with Crippen molar-refractivity contribution in [2.45, 2.75) is 13.8 Å². The van der Waals surface area contributed by atoms with Crippen LogP contribution in [0.5, 0.6) is 0 Å². The van der Waals surface area contributed by atoms with Gasteiger partial charge in [-0.2, -0.15) is 0 Å². The highest BCUT2D eigenvalue weighted by Crippen LogP contribution is 2.35. The van der Waals surface area contributed by atoms with Gasteiger partial charge in [-0.05, 0) is 56.3 Å². The number of nitrogens with zero attached hydrogens (tertiary/aromatic N) is 1. The molecule has 26 heavy (non-hydrogen) atoms. The number of anilines is 2. The minimum absolute atomic E-state index is 0.232. The smallest absolute Gasteiger partial charge is 0.255 e. The predicted octanol–water partition coefficient (Wildman–Crippen LogP) is 3.40. The molecule has 8 heteroatoms. The second-order valence-corrected chi connectivity index (χ2v) is 9.45. The number of hydrogen-bond donors (Lipinski definition) is 1. The zero-order valence-corrected chi connectivity index (χ0v) is 16.6. The number of benzene rings is 2. The van der Waals surface area contributed by atoms with Crippen molar-refractivity contribution in [2.75, 3.05) is 15.4 Å². The van der Waals surface area contributed by atoms with Gasteiger partial charge >= 0.3 is 0 Å². The van der Waals surface area contributed by atoms with Crippen LogP contribution in [0, 0.1) is 5.41 Å². The van der Waals surface area contributed by atoms with E-state index >= 15 is 0 Å². The molecular formula is C18H17BrN2O4S. The van der Waals surface area contributed by atoms with E-state index in [1.54, 1.807) is 32.0 Å². The molecule has 0 atom stereocenters. The van der Waals surface area contributed by atoms with Crippen molar-refractivity contribution in [3.05, 3.63) is 58.6 Å². The first-order valence-electron chi connectivity index (χ1n) is 7.85. The van der Waals surface area contributed by atoms with Crippen molar-refractivity contribution in [1.29, 1.82) is 0 Å². The van der Waals surface area contributed by atoms with Crippen LogP contribution in [0.2, 0.25) is 0 Å². The summed E-state index contributed by atoms with van der Waals surface area (Å²) in [5, 5.41) is 2.76. The lowest BCUT2D eigenvalue weighted by atomic mass is 9.95. The van der Waals surface area contributed by atoms with Gasteiger partial charge in [-0.15, -0.1) is 0 Å². The Kier molecular flexibility index (Phi) is 4.66. The van der Waals surface area contributed by atoms with Crippen molar-refractivity contribution < 1.29 is 18.0 Å². The van der Waals surface area contributed by atoms with Gasteiger partial charge in [0.2, 0.25) is 15.9 Å². The number of sulfonamides is 1. The van der Waals surface area contributed by atoms with E-state index in [0.29, 0.717) is 11.3 Å². The molecule has 1 fully saturated rings. The molecule has 0 unspecified atom stereocenters. The second-order valence-electron chi connectivity index (χ2n) is 6.72. The third kappa shape index (κ3) is 3.52. The molecule has 0 saturated carbocycles. The van der Waals surface area contributed by atoms with Crippen molar-refractivity contribution in [1.82, 2.24) is 0 Å². The Morgan fingerprint density at radius 2 is 1.81 bits per heavy atom. The lowest BCUT2D eigenvalue weighted by Crippen LogP contribution is -2.32.